The van der Waals surface area contributed by atoms with Crippen LogP contribution < -0.4 is 5.32 Å². The maximum Gasteiger partial charge on any atom is 0.348 e. The van der Waals surface area contributed by atoms with Gasteiger partial charge in [-0.05, 0) is 23.6 Å². The van der Waals surface area contributed by atoms with Crippen LogP contribution in [0, 0.1) is 10.1 Å². The largest absolute Gasteiger partial charge is 0.477 e. The second-order valence-electron chi connectivity index (χ2n) is 3.84. The highest BCUT2D eigenvalue weighted by atomic mass is 35.5. The van der Waals surface area contributed by atoms with Crippen LogP contribution in [0.4, 0.5) is 11.4 Å². The number of nitrogens with one attached hydrogen (secondary N) is 1. The number of nitro benzene ring substituents is 1. The van der Waals surface area contributed by atoms with Crippen molar-refractivity contribution in [1.29, 1.82) is 0 Å². The minimum atomic E-state index is -1.19. The number of thiophene rings is 1. The van der Waals surface area contributed by atoms with E-state index in [1.54, 1.807) is 0 Å². The molecule has 0 saturated heterocycles. The number of amides is 1. The summed E-state index contributed by atoms with van der Waals surface area (Å²) in [6.07, 6.45) is 0. The van der Waals surface area contributed by atoms with Gasteiger partial charge in [-0.2, -0.15) is 0 Å². The van der Waals surface area contributed by atoms with Gasteiger partial charge >= 0.3 is 5.97 Å². The van der Waals surface area contributed by atoms with E-state index >= 15 is 0 Å². The van der Waals surface area contributed by atoms with Gasteiger partial charge in [-0.1, -0.05) is 11.6 Å². The van der Waals surface area contributed by atoms with Crippen LogP contribution in [0.2, 0.25) is 5.02 Å². The standard InChI is InChI=1S/C12H7ClN2O5S/c13-6-1-2-9(15(19)20)7(5-6)11(16)14-8-3-4-21-10(8)12(17)18/h1-5H,(H,14,16)(H,17,18). The molecule has 21 heavy (non-hydrogen) atoms. The Hall–Kier alpha value is -2.45. The number of nitrogens with zero attached hydrogens (tertiary/aromatic N) is 1. The van der Waals surface area contributed by atoms with Crippen LogP contribution >= 0.6 is 22.9 Å². The number of halogens is 1. The number of benzene rings is 1. The van der Waals surface area contributed by atoms with E-state index in [4.69, 9.17) is 16.7 Å². The number of nitro groups is 1. The fraction of sp³-hybridized carbons (Fsp3) is 0. The molecule has 2 aromatic rings. The number of hydrogen-bond donors (Lipinski definition) is 2. The summed E-state index contributed by atoms with van der Waals surface area (Å²) in [5, 5.41) is 23.9. The fourth-order valence-corrected chi connectivity index (χ4v) is 2.47. The number of carboxylic acid groups (broad SMARTS) is 1. The van der Waals surface area contributed by atoms with Gasteiger partial charge in [0.25, 0.3) is 11.6 Å². The second kappa shape index (κ2) is 5.90. The molecule has 0 radical (unpaired) electrons. The van der Waals surface area contributed by atoms with Crippen molar-refractivity contribution in [3.8, 4) is 0 Å². The Labute approximate surface area is 126 Å². The fourth-order valence-electron chi connectivity index (χ4n) is 1.61. The van der Waals surface area contributed by atoms with E-state index in [1.165, 1.54) is 17.5 Å². The summed E-state index contributed by atoms with van der Waals surface area (Å²) in [4.78, 5) is 33.2. The number of carboxylic acids is 1. The van der Waals surface area contributed by atoms with E-state index in [9.17, 15) is 19.7 Å². The molecule has 1 amide bonds. The maximum absolute atomic E-state index is 12.1. The number of hydrogen-bond acceptors (Lipinski definition) is 5. The van der Waals surface area contributed by atoms with E-state index in [0.29, 0.717) is 0 Å². The molecule has 0 saturated carbocycles. The van der Waals surface area contributed by atoms with E-state index < -0.39 is 22.5 Å². The molecule has 0 aliphatic heterocycles. The first-order chi connectivity index (χ1) is 9.90. The Morgan fingerprint density at radius 2 is 2.05 bits per heavy atom. The molecule has 1 heterocycles. The Bertz CT molecular complexity index is 743. The molecule has 0 bridgehead atoms. The monoisotopic (exact) mass is 326 g/mol. The SMILES string of the molecule is O=C(Nc1ccsc1C(=O)O)c1cc(Cl)ccc1[N+](=O)[O-]. The van der Waals surface area contributed by atoms with Gasteiger partial charge in [0.05, 0.1) is 10.6 Å². The van der Waals surface area contributed by atoms with Crippen LogP contribution in [-0.4, -0.2) is 21.9 Å². The lowest BCUT2D eigenvalue weighted by molar-refractivity contribution is -0.385. The predicted octanol–water partition coefficient (Wildman–Crippen LogP) is 3.26. The Morgan fingerprint density at radius 1 is 1.33 bits per heavy atom. The molecule has 0 atom stereocenters. The molecular formula is C12H7ClN2O5S. The first kappa shape index (κ1) is 14.9. The molecule has 1 aromatic heterocycles. The van der Waals surface area contributed by atoms with E-state index in [0.717, 1.165) is 23.5 Å². The van der Waals surface area contributed by atoms with Crippen molar-refractivity contribution in [2.24, 2.45) is 0 Å². The Balaban J connectivity index is 2.37. The summed E-state index contributed by atoms with van der Waals surface area (Å²) in [5.41, 5.74) is -0.578. The van der Waals surface area contributed by atoms with Crippen LogP contribution in [0.3, 0.4) is 0 Å². The van der Waals surface area contributed by atoms with Crippen LogP contribution in [0.5, 0.6) is 0 Å². The number of carbonyl (C=O) groups is 2. The van der Waals surface area contributed by atoms with Crippen LogP contribution in [0.1, 0.15) is 20.0 Å². The quantitative estimate of drug-likeness (QED) is 0.662. The Kier molecular flexibility index (Phi) is 4.20. The van der Waals surface area contributed by atoms with Crippen molar-refractivity contribution >= 4 is 46.2 Å². The average Bonchev–Trinajstić information content (AvgIpc) is 2.86. The summed E-state index contributed by atoms with van der Waals surface area (Å²) < 4.78 is 0. The van der Waals surface area contributed by atoms with Crippen LogP contribution in [0.25, 0.3) is 0 Å². The summed E-state index contributed by atoms with van der Waals surface area (Å²) in [5.74, 6) is -1.99. The number of anilines is 1. The van der Waals surface area contributed by atoms with Crippen molar-refractivity contribution in [2.75, 3.05) is 5.32 Å². The molecule has 0 fully saturated rings. The van der Waals surface area contributed by atoms with Crippen LogP contribution in [0.15, 0.2) is 29.6 Å². The third-order valence-electron chi connectivity index (χ3n) is 2.51. The van der Waals surface area contributed by atoms with Gasteiger partial charge in [-0.15, -0.1) is 11.3 Å². The second-order valence-corrected chi connectivity index (χ2v) is 5.19. The topological polar surface area (TPSA) is 110 Å². The minimum Gasteiger partial charge on any atom is -0.477 e. The molecule has 2 rings (SSSR count). The number of aromatic carboxylic acids is 1. The lowest BCUT2D eigenvalue weighted by Crippen LogP contribution is -2.15. The van der Waals surface area contributed by atoms with Gasteiger partial charge in [0, 0.05) is 11.1 Å². The summed E-state index contributed by atoms with van der Waals surface area (Å²) in [7, 11) is 0. The molecule has 7 nitrogen and oxygen atoms in total. The first-order valence-electron chi connectivity index (χ1n) is 5.46. The minimum absolute atomic E-state index is 0.0620. The summed E-state index contributed by atoms with van der Waals surface area (Å²) in [6, 6.07) is 4.97. The van der Waals surface area contributed by atoms with E-state index in [1.807, 2.05) is 0 Å². The normalized spacial score (nSPS) is 10.1. The maximum atomic E-state index is 12.1. The van der Waals surface area contributed by atoms with Gasteiger partial charge < -0.3 is 10.4 Å². The van der Waals surface area contributed by atoms with Crippen molar-refractivity contribution < 1.29 is 19.6 Å². The van der Waals surface area contributed by atoms with Gasteiger partial charge in [0.2, 0.25) is 0 Å². The number of rotatable bonds is 4. The summed E-state index contributed by atoms with van der Waals surface area (Å²) in [6.45, 7) is 0. The number of carbonyl (C=O) groups excluding carboxylic acids is 1. The molecule has 0 aliphatic carbocycles. The molecule has 108 valence electrons. The van der Waals surface area contributed by atoms with E-state index in [-0.39, 0.29) is 21.2 Å². The van der Waals surface area contributed by atoms with Crippen molar-refractivity contribution in [3.63, 3.8) is 0 Å². The van der Waals surface area contributed by atoms with Gasteiger partial charge in [0.15, 0.2) is 0 Å². The highest BCUT2D eigenvalue weighted by Gasteiger charge is 2.22. The highest BCUT2D eigenvalue weighted by molar-refractivity contribution is 7.12. The van der Waals surface area contributed by atoms with Gasteiger partial charge in [0.1, 0.15) is 10.4 Å². The molecule has 0 aliphatic rings. The van der Waals surface area contributed by atoms with Crippen LogP contribution in [-0.2, 0) is 0 Å². The smallest absolute Gasteiger partial charge is 0.348 e. The van der Waals surface area contributed by atoms with Crippen molar-refractivity contribution in [1.82, 2.24) is 0 Å². The molecular weight excluding hydrogens is 320 g/mol. The molecule has 9 heteroatoms. The zero-order chi connectivity index (χ0) is 15.6. The highest BCUT2D eigenvalue weighted by Crippen LogP contribution is 2.26. The van der Waals surface area contributed by atoms with Crippen molar-refractivity contribution in [3.05, 3.63) is 55.2 Å². The lowest BCUT2D eigenvalue weighted by atomic mass is 10.1. The zero-order valence-electron chi connectivity index (χ0n) is 10.2. The molecule has 0 spiro atoms. The average molecular weight is 327 g/mol. The summed E-state index contributed by atoms with van der Waals surface area (Å²) >= 11 is 6.67. The lowest BCUT2D eigenvalue weighted by Gasteiger charge is -2.05. The Morgan fingerprint density at radius 3 is 2.67 bits per heavy atom. The molecule has 0 unspecified atom stereocenters. The first-order valence-corrected chi connectivity index (χ1v) is 6.72. The zero-order valence-corrected chi connectivity index (χ0v) is 11.8. The van der Waals surface area contributed by atoms with E-state index in [2.05, 4.69) is 5.32 Å². The predicted molar refractivity (Wildman–Crippen MR) is 77.3 cm³/mol. The third kappa shape index (κ3) is 3.18. The van der Waals surface area contributed by atoms with Gasteiger partial charge in [-0.25, -0.2) is 4.79 Å². The molecule has 2 N–H and O–H groups in total. The van der Waals surface area contributed by atoms with Gasteiger partial charge in [-0.3, -0.25) is 14.9 Å². The van der Waals surface area contributed by atoms with Crippen molar-refractivity contribution in [2.45, 2.75) is 0 Å². The molecule has 1 aromatic carbocycles. The third-order valence-corrected chi connectivity index (χ3v) is 3.65.